The first-order valence-electron chi connectivity index (χ1n) is 7.30. The molecule has 2 N–H and O–H groups in total. The Hall–Kier alpha value is -2.66. The fourth-order valence-electron chi connectivity index (χ4n) is 2.21. The summed E-state index contributed by atoms with van der Waals surface area (Å²) in [6, 6.07) is 14.0. The topological polar surface area (TPSA) is 69.6 Å². The van der Waals surface area contributed by atoms with E-state index in [0.717, 1.165) is 11.1 Å². The Kier molecular flexibility index (Phi) is 5.49. The molecule has 0 fully saturated rings. The van der Waals surface area contributed by atoms with E-state index in [0.29, 0.717) is 17.7 Å². The highest BCUT2D eigenvalue weighted by molar-refractivity contribution is 5.99. The van der Waals surface area contributed by atoms with E-state index in [1.165, 1.54) is 4.90 Å². The maximum atomic E-state index is 12.3. The number of amides is 2. The summed E-state index contributed by atoms with van der Waals surface area (Å²) in [6.45, 7) is 0.250. The van der Waals surface area contributed by atoms with Crippen LogP contribution in [-0.4, -0.2) is 35.9 Å². The summed E-state index contributed by atoms with van der Waals surface area (Å²) in [6.07, 6.45) is 0. The van der Waals surface area contributed by atoms with Crippen LogP contribution >= 0.6 is 0 Å². The second-order valence-corrected chi connectivity index (χ2v) is 5.39. The molecule has 23 heavy (non-hydrogen) atoms. The molecule has 120 valence electrons. The summed E-state index contributed by atoms with van der Waals surface area (Å²) in [5, 5.41) is 12.1. The number of rotatable bonds is 5. The summed E-state index contributed by atoms with van der Waals surface area (Å²) in [7, 11) is 3.34. The number of nitrogens with one attached hydrogen (secondary N) is 1. The molecule has 0 heterocycles. The SMILES string of the molecule is CN(C)C(=O)c1cccc(C(=O)NCc2ccccc2CO)c1. The molecule has 5 heteroatoms. The molecule has 2 aromatic rings. The van der Waals surface area contributed by atoms with Crippen LogP contribution in [0.15, 0.2) is 48.5 Å². The molecule has 0 saturated carbocycles. The number of hydrogen-bond donors (Lipinski definition) is 2. The minimum absolute atomic E-state index is 0.0706. The Labute approximate surface area is 135 Å². The first-order valence-corrected chi connectivity index (χ1v) is 7.30. The van der Waals surface area contributed by atoms with E-state index in [-0.39, 0.29) is 18.4 Å². The second-order valence-electron chi connectivity index (χ2n) is 5.39. The van der Waals surface area contributed by atoms with Gasteiger partial charge in [0.05, 0.1) is 6.61 Å². The van der Waals surface area contributed by atoms with Crippen molar-refractivity contribution in [2.24, 2.45) is 0 Å². The predicted octanol–water partition coefficient (Wildman–Crippen LogP) is 1.81. The molecular formula is C18H20N2O3. The number of benzene rings is 2. The zero-order valence-electron chi connectivity index (χ0n) is 13.2. The van der Waals surface area contributed by atoms with Crippen LogP contribution in [0.4, 0.5) is 0 Å². The first kappa shape index (κ1) is 16.7. The van der Waals surface area contributed by atoms with Crippen molar-refractivity contribution in [2.75, 3.05) is 14.1 Å². The summed E-state index contributed by atoms with van der Waals surface area (Å²) in [5.41, 5.74) is 2.55. The Morgan fingerprint density at radius 1 is 1.00 bits per heavy atom. The van der Waals surface area contributed by atoms with Gasteiger partial charge in [-0.3, -0.25) is 9.59 Å². The molecule has 0 bridgehead atoms. The highest BCUT2D eigenvalue weighted by Crippen LogP contribution is 2.10. The van der Waals surface area contributed by atoms with Crippen molar-refractivity contribution in [3.05, 3.63) is 70.8 Å². The lowest BCUT2D eigenvalue weighted by atomic mass is 10.1. The largest absolute Gasteiger partial charge is 0.392 e. The Morgan fingerprint density at radius 2 is 1.65 bits per heavy atom. The molecule has 0 aromatic heterocycles. The van der Waals surface area contributed by atoms with E-state index >= 15 is 0 Å². The van der Waals surface area contributed by atoms with Gasteiger partial charge in [-0.1, -0.05) is 30.3 Å². The zero-order valence-corrected chi connectivity index (χ0v) is 13.2. The molecule has 0 saturated heterocycles. The average Bonchev–Trinajstić information content (AvgIpc) is 2.59. The molecule has 5 nitrogen and oxygen atoms in total. The number of aliphatic hydroxyl groups excluding tert-OH is 1. The highest BCUT2D eigenvalue weighted by atomic mass is 16.3. The van der Waals surface area contributed by atoms with E-state index in [1.807, 2.05) is 24.3 Å². The lowest BCUT2D eigenvalue weighted by molar-refractivity contribution is 0.0827. The van der Waals surface area contributed by atoms with Gasteiger partial charge in [0.15, 0.2) is 0 Å². The number of carbonyl (C=O) groups excluding carboxylic acids is 2. The minimum Gasteiger partial charge on any atom is -0.392 e. The van der Waals surface area contributed by atoms with Crippen molar-refractivity contribution in [2.45, 2.75) is 13.2 Å². The normalized spacial score (nSPS) is 10.2. The molecule has 2 amide bonds. The van der Waals surface area contributed by atoms with Gasteiger partial charge in [0.2, 0.25) is 0 Å². The molecular weight excluding hydrogens is 292 g/mol. The van der Waals surface area contributed by atoms with Crippen LogP contribution < -0.4 is 5.32 Å². The van der Waals surface area contributed by atoms with Crippen LogP contribution in [0.1, 0.15) is 31.8 Å². The van der Waals surface area contributed by atoms with Gasteiger partial charge in [0.25, 0.3) is 11.8 Å². The molecule has 2 aromatic carbocycles. The predicted molar refractivity (Wildman–Crippen MR) is 88.0 cm³/mol. The van der Waals surface area contributed by atoms with E-state index in [2.05, 4.69) is 5.32 Å². The van der Waals surface area contributed by atoms with Crippen LogP contribution in [0.25, 0.3) is 0 Å². The van der Waals surface area contributed by atoms with Gasteiger partial charge in [-0.05, 0) is 29.3 Å². The molecule has 0 radical (unpaired) electrons. The lowest BCUT2D eigenvalue weighted by Crippen LogP contribution is -2.25. The van der Waals surface area contributed by atoms with Gasteiger partial charge in [-0.15, -0.1) is 0 Å². The van der Waals surface area contributed by atoms with Gasteiger partial charge >= 0.3 is 0 Å². The van der Waals surface area contributed by atoms with Gasteiger partial charge in [0.1, 0.15) is 0 Å². The third-order valence-electron chi connectivity index (χ3n) is 3.51. The maximum absolute atomic E-state index is 12.3. The lowest BCUT2D eigenvalue weighted by Gasteiger charge is -2.12. The monoisotopic (exact) mass is 312 g/mol. The van der Waals surface area contributed by atoms with Crippen molar-refractivity contribution < 1.29 is 14.7 Å². The van der Waals surface area contributed by atoms with E-state index in [9.17, 15) is 14.7 Å². The Morgan fingerprint density at radius 3 is 2.30 bits per heavy atom. The van der Waals surface area contributed by atoms with Crippen molar-refractivity contribution >= 4 is 11.8 Å². The first-order chi connectivity index (χ1) is 11.0. The second kappa shape index (κ2) is 7.56. The molecule has 2 rings (SSSR count). The summed E-state index contributed by atoms with van der Waals surface area (Å²) >= 11 is 0. The van der Waals surface area contributed by atoms with Crippen molar-refractivity contribution in [3.8, 4) is 0 Å². The van der Waals surface area contributed by atoms with Crippen LogP contribution in [0, 0.1) is 0 Å². The van der Waals surface area contributed by atoms with Crippen molar-refractivity contribution in [1.82, 2.24) is 10.2 Å². The Bertz CT molecular complexity index is 711. The molecule has 0 spiro atoms. The smallest absolute Gasteiger partial charge is 0.253 e. The zero-order chi connectivity index (χ0) is 16.8. The van der Waals surface area contributed by atoms with E-state index < -0.39 is 0 Å². The molecule has 0 aliphatic rings. The van der Waals surface area contributed by atoms with Crippen molar-refractivity contribution in [1.29, 1.82) is 0 Å². The van der Waals surface area contributed by atoms with Gasteiger partial charge in [-0.2, -0.15) is 0 Å². The number of nitrogens with zero attached hydrogens (tertiary/aromatic N) is 1. The number of aliphatic hydroxyl groups is 1. The Balaban J connectivity index is 2.09. The quantitative estimate of drug-likeness (QED) is 0.884. The molecule has 0 unspecified atom stereocenters. The maximum Gasteiger partial charge on any atom is 0.253 e. The third kappa shape index (κ3) is 4.17. The minimum atomic E-state index is -0.258. The fraction of sp³-hybridized carbons (Fsp3) is 0.222. The van der Waals surface area contributed by atoms with Gasteiger partial charge in [-0.25, -0.2) is 0 Å². The van der Waals surface area contributed by atoms with Crippen molar-refractivity contribution in [3.63, 3.8) is 0 Å². The van der Waals surface area contributed by atoms with Crippen LogP contribution in [0.3, 0.4) is 0 Å². The standard InChI is InChI=1S/C18H20N2O3/c1-20(2)18(23)14-9-5-8-13(10-14)17(22)19-11-15-6-3-4-7-16(15)12-21/h3-10,21H,11-12H2,1-2H3,(H,19,22). The highest BCUT2D eigenvalue weighted by Gasteiger charge is 2.12. The van der Waals surface area contributed by atoms with Gasteiger partial charge in [0, 0.05) is 31.8 Å². The van der Waals surface area contributed by atoms with Crippen LogP contribution in [0.2, 0.25) is 0 Å². The third-order valence-corrected chi connectivity index (χ3v) is 3.51. The van der Waals surface area contributed by atoms with Crippen LogP contribution in [-0.2, 0) is 13.2 Å². The summed E-state index contributed by atoms with van der Waals surface area (Å²) < 4.78 is 0. The number of hydrogen-bond acceptors (Lipinski definition) is 3. The summed E-state index contributed by atoms with van der Waals surface area (Å²) in [4.78, 5) is 25.7. The van der Waals surface area contributed by atoms with E-state index in [4.69, 9.17) is 0 Å². The summed E-state index contributed by atoms with van der Waals surface area (Å²) in [5.74, 6) is -0.406. The van der Waals surface area contributed by atoms with Crippen LogP contribution in [0.5, 0.6) is 0 Å². The van der Waals surface area contributed by atoms with E-state index in [1.54, 1.807) is 38.4 Å². The molecule has 0 atom stereocenters. The van der Waals surface area contributed by atoms with Gasteiger partial charge < -0.3 is 15.3 Å². The molecule has 0 aliphatic heterocycles. The number of carbonyl (C=O) groups is 2. The molecule has 0 aliphatic carbocycles. The average molecular weight is 312 g/mol. The fourth-order valence-corrected chi connectivity index (χ4v) is 2.21.